The van der Waals surface area contributed by atoms with E-state index in [0.29, 0.717) is 11.5 Å². The van der Waals surface area contributed by atoms with Gasteiger partial charge in [-0.3, -0.25) is 0 Å². The average Bonchev–Trinajstić information content (AvgIpc) is 2.39. The third kappa shape index (κ3) is 3.84. The maximum absolute atomic E-state index is 4.43. The third-order valence-corrected chi connectivity index (χ3v) is 4.17. The molecule has 0 saturated heterocycles. The quantitative estimate of drug-likeness (QED) is 0.854. The van der Waals surface area contributed by atoms with Crippen LogP contribution in [0.5, 0.6) is 0 Å². The Morgan fingerprint density at radius 3 is 2.75 bits per heavy atom. The lowest BCUT2D eigenvalue weighted by atomic mass is 9.75. The second kappa shape index (κ2) is 6.42. The Kier molecular flexibility index (Phi) is 4.84. The molecule has 112 valence electrons. The van der Waals surface area contributed by atoms with E-state index in [2.05, 4.69) is 48.3 Å². The van der Waals surface area contributed by atoms with Gasteiger partial charge in [0.1, 0.15) is 18.0 Å². The Labute approximate surface area is 122 Å². The largest absolute Gasteiger partial charge is 0.370 e. The summed E-state index contributed by atoms with van der Waals surface area (Å²) < 4.78 is 0. The third-order valence-electron chi connectivity index (χ3n) is 4.17. The molecule has 0 radical (unpaired) electrons. The molecule has 0 spiro atoms. The van der Waals surface area contributed by atoms with E-state index < -0.39 is 0 Å². The summed E-state index contributed by atoms with van der Waals surface area (Å²) in [6.45, 7) is 9.93. The highest BCUT2D eigenvalue weighted by Gasteiger charge is 2.28. The number of aromatic nitrogens is 2. The first-order chi connectivity index (χ1) is 9.52. The summed E-state index contributed by atoms with van der Waals surface area (Å²) in [6.07, 6.45) is 7.84. The zero-order chi connectivity index (χ0) is 14.6. The Morgan fingerprint density at radius 2 is 2.05 bits per heavy atom. The Hall–Kier alpha value is -1.32. The number of hydrogen-bond acceptors (Lipinski definition) is 4. The fourth-order valence-corrected chi connectivity index (χ4v) is 3.03. The van der Waals surface area contributed by atoms with Gasteiger partial charge < -0.3 is 10.6 Å². The first kappa shape index (κ1) is 15.1. The van der Waals surface area contributed by atoms with Gasteiger partial charge in [-0.15, -0.1) is 0 Å². The lowest BCUT2D eigenvalue weighted by molar-refractivity contribution is 0.229. The maximum Gasteiger partial charge on any atom is 0.134 e. The highest BCUT2D eigenvalue weighted by atomic mass is 15.1. The molecule has 1 aliphatic rings. The van der Waals surface area contributed by atoms with E-state index in [9.17, 15) is 0 Å². The van der Waals surface area contributed by atoms with E-state index in [-0.39, 0.29) is 0 Å². The van der Waals surface area contributed by atoms with Crippen molar-refractivity contribution in [1.82, 2.24) is 9.97 Å². The molecule has 2 N–H and O–H groups in total. The predicted molar refractivity (Wildman–Crippen MR) is 85.2 cm³/mol. The van der Waals surface area contributed by atoms with Crippen LogP contribution in [0.4, 0.5) is 11.6 Å². The maximum atomic E-state index is 4.43. The van der Waals surface area contributed by atoms with Crippen LogP contribution in [-0.4, -0.2) is 22.6 Å². The fraction of sp³-hybridized carbons (Fsp3) is 0.750. The molecule has 1 unspecified atom stereocenters. The van der Waals surface area contributed by atoms with Crippen LogP contribution in [0.15, 0.2) is 6.33 Å². The number of anilines is 2. The monoisotopic (exact) mass is 276 g/mol. The zero-order valence-electron chi connectivity index (χ0n) is 13.3. The highest BCUT2D eigenvalue weighted by molar-refractivity contribution is 5.56. The smallest absolute Gasteiger partial charge is 0.134 e. The van der Waals surface area contributed by atoms with E-state index in [0.717, 1.165) is 30.2 Å². The van der Waals surface area contributed by atoms with Gasteiger partial charge in [-0.05, 0) is 38.0 Å². The molecule has 1 aliphatic carbocycles. The van der Waals surface area contributed by atoms with Crippen molar-refractivity contribution in [2.24, 2.45) is 5.41 Å². The summed E-state index contributed by atoms with van der Waals surface area (Å²) in [7, 11) is 0. The molecule has 1 aromatic rings. The van der Waals surface area contributed by atoms with Crippen LogP contribution in [0, 0.1) is 12.3 Å². The molecule has 1 fully saturated rings. The van der Waals surface area contributed by atoms with Crippen LogP contribution < -0.4 is 10.6 Å². The lowest BCUT2D eigenvalue weighted by Gasteiger charge is -2.36. The number of nitrogens with zero attached hydrogens (tertiary/aromatic N) is 2. The van der Waals surface area contributed by atoms with Crippen molar-refractivity contribution in [3.05, 3.63) is 11.9 Å². The van der Waals surface area contributed by atoms with Crippen molar-refractivity contribution in [1.29, 1.82) is 0 Å². The molecule has 2 rings (SSSR count). The topological polar surface area (TPSA) is 49.8 Å². The van der Waals surface area contributed by atoms with Gasteiger partial charge in [0.2, 0.25) is 0 Å². The van der Waals surface area contributed by atoms with Crippen molar-refractivity contribution in [3.8, 4) is 0 Å². The van der Waals surface area contributed by atoms with Crippen LogP contribution in [-0.2, 0) is 0 Å². The summed E-state index contributed by atoms with van der Waals surface area (Å²) in [5, 5.41) is 7.00. The SMILES string of the molecule is CCCNc1ncnc(NC2CCCC(C)(C)C2)c1C. The Bertz CT molecular complexity index is 442. The van der Waals surface area contributed by atoms with Gasteiger partial charge >= 0.3 is 0 Å². The van der Waals surface area contributed by atoms with Crippen LogP contribution in [0.25, 0.3) is 0 Å². The van der Waals surface area contributed by atoms with E-state index in [1.807, 2.05) is 0 Å². The number of hydrogen-bond donors (Lipinski definition) is 2. The average molecular weight is 276 g/mol. The molecule has 20 heavy (non-hydrogen) atoms. The van der Waals surface area contributed by atoms with Crippen LogP contribution in [0.1, 0.15) is 58.4 Å². The minimum absolute atomic E-state index is 0.445. The molecule has 0 aliphatic heterocycles. The second-order valence-electron chi connectivity index (χ2n) is 6.72. The molecule has 1 atom stereocenters. The van der Waals surface area contributed by atoms with Crippen molar-refractivity contribution in [3.63, 3.8) is 0 Å². The van der Waals surface area contributed by atoms with Gasteiger partial charge in [0.05, 0.1) is 0 Å². The molecular weight excluding hydrogens is 248 g/mol. The zero-order valence-corrected chi connectivity index (χ0v) is 13.3. The molecule has 1 saturated carbocycles. The number of rotatable bonds is 5. The van der Waals surface area contributed by atoms with Gasteiger partial charge in [0.25, 0.3) is 0 Å². The first-order valence-electron chi connectivity index (χ1n) is 7.84. The van der Waals surface area contributed by atoms with Crippen LogP contribution in [0.3, 0.4) is 0 Å². The van der Waals surface area contributed by atoms with Gasteiger partial charge in [0, 0.05) is 18.2 Å². The van der Waals surface area contributed by atoms with Crippen LogP contribution in [0.2, 0.25) is 0 Å². The molecular formula is C16H28N4. The van der Waals surface area contributed by atoms with E-state index in [1.54, 1.807) is 6.33 Å². The van der Waals surface area contributed by atoms with Crippen molar-refractivity contribution in [2.75, 3.05) is 17.2 Å². The van der Waals surface area contributed by atoms with Crippen molar-refractivity contribution < 1.29 is 0 Å². The lowest BCUT2D eigenvalue weighted by Crippen LogP contribution is -2.32. The van der Waals surface area contributed by atoms with Gasteiger partial charge in [0.15, 0.2) is 0 Å². The minimum Gasteiger partial charge on any atom is -0.370 e. The second-order valence-corrected chi connectivity index (χ2v) is 6.72. The van der Waals surface area contributed by atoms with E-state index >= 15 is 0 Å². The molecule has 1 aromatic heterocycles. The summed E-state index contributed by atoms with van der Waals surface area (Å²) >= 11 is 0. The molecule has 0 aromatic carbocycles. The van der Waals surface area contributed by atoms with E-state index in [4.69, 9.17) is 0 Å². The Morgan fingerprint density at radius 1 is 1.30 bits per heavy atom. The number of nitrogens with one attached hydrogen (secondary N) is 2. The van der Waals surface area contributed by atoms with Crippen molar-refractivity contribution in [2.45, 2.75) is 65.8 Å². The van der Waals surface area contributed by atoms with Gasteiger partial charge in [-0.25, -0.2) is 9.97 Å². The normalized spacial score (nSPS) is 21.5. The first-order valence-corrected chi connectivity index (χ1v) is 7.84. The predicted octanol–water partition coefficient (Wildman–Crippen LogP) is 3.99. The van der Waals surface area contributed by atoms with Gasteiger partial charge in [-0.1, -0.05) is 27.2 Å². The summed E-state index contributed by atoms with van der Waals surface area (Å²) in [5.41, 5.74) is 1.57. The van der Waals surface area contributed by atoms with E-state index in [1.165, 1.54) is 25.7 Å². The van der Waals surface area contributed by atoms with Crippen LogP contribution >= 0.6 is 0 Å². The molecule has 0 bridgehead atoms. The highest BCUT2D eigenvalue weighted by Crippen LogP contribution is 2.36. The summed E-state index contributed by atoms with van der Waals surface area (Å²) in [5.74, 6) is 1.95. The summed E-state index contributed by atoms with van der Waals surface area (Å²) in [6, 6.07) is 0.534. The molecule has 4 heteroatoms. The molecule has 0 amide bonds. The van der Waals surface area contributed by atoms with Gasteiger partial charge in [-0.2, -0.15) is 0 Å². The standard InChI is InChI=1S/C16H28N4/c1-5-9-17-14-12(2)15(19-11-18-14)20-13-7-6-8-16(3,4)10-13/h11,13H,5-10H2,1-4H3,(H2,17,18,19,20). The van der Waals surface area contributed by atoms with Crippen molar-refractivity contribution >= 4 is 11.6 Å². The minimum atomic E-state index is 0.445. The molecule has 1 heterocycles. The fourth-order valence-electron chi connectivity index (χ4n) is 3.03. The summed E-state index contributed by atoms with van der Waals surface area (Å²) in [4.78, 5) is 8.76. The molecule has 4 nitrogen and oxygen atoms in total. The Balaban J connectivity index is 2.05.